The highest BCUT2D eigenvalue weighted by atomic mass is 16.2. The smallest absolute Gasteiger partial charge is 0.253 e. The van der Waals surface area contributed by atoms with Crippen molar-refractivity contribution in [2.24, 2.45) is 0 Å². The average molecular weight is 286 g/mol. The van der Waals surface area contributed by atoms with Crippen LogP contribution in [0.1, 0.15) is 54.9 Å². The third kappa shape index (κ3) is 3.13. The molecule has 2 aliphatic rings. The third-order valence-electron chi connectivity index (χ3n) is 5.06. The molecule has 0 radical (unpaired) electrons. The summed E-state index contributed by atoms with van der Waals surface area (Å²) >= 11 is 0. The summed E-state index contributed by atoms with van der Waals surface area (Å²) in [6, 6.07) is 9.80. The third-order valence-corrected chi connectivity index (χ3v) is 5.06. The molecule has 0 saturated carbocycles. The predicted octanol–water partition coefficient (Wildman–Crippen LogP) is 2.99. The van der Waals surface area contributed by atoms with Crippen molar-refractivity contribution in [3.63, 3.8) is 0 Å². The van der Waals surface area contributed by atoms with Gasteiger partial charge in [-0.3, -0.25) is 4.79 Å². The van der Waals surface area contributed by atoms with Crippen LogP contribution in [0.15, 0.2) is 24.3 Å². The molecule has 1 N–H and O–H groups in total. The minimum absolute atomic E-state index is 0.171. The van der Waals surface area contributed by atoms with Crippen LogP contribution in [-0.4, -0.2) is 36.0 Å². The summed E-state index contributed by atoms with van der Waals surface area (Å²) in [5.74, 6) is 0.171. The highest BCUT2D eigenvalue weighted by molar-refractivity contribution is 5.94. The summed E-state index contributed by atoms with van der Waals surface area (Å²) in [4.78, 5) is 14.6. The fraction of sp³-hybridized carbons (Fsp3) is 0.611. The van der Waals surface area contributed by atoms with E-state index in [1.807, 2.05) is 24.1 Å². The van der Waals surface area contributed by atoms with Crippen molar-refractivity contribution >= 4 is 5.91 Å². The second-order valence-corrected chi connectivity index (χ2v) is 6.63. The normalized spacial score (nSPS) is 27.6. The van der Waals surface area contributed by atoms with Gasteiger partial charge in [0.1, 0.15) is 0 Å². The van der Waals surface area contributed by atoms with E-state index < -0.39 is 0 Å². The molecular formula is C18H26N2O. The Balaban J connectivity index is 1.66. The fourth-order valence-electron chi connectivity index (χ4n) is 3.82. The number of hydrogen-bond donors (Lipinski definition) is 1. The second-order valence-electron chi connectivity index (χ2n) is 6.63. The zero-order valence-electron chi connectivity index (χ0n) is 13.1. The van der Waals surface area contributed by atoms with E-state index in [0.717, 1.165) is 31.2 Å². The van der Waals surface area contributed by atoms with Gasteiger partial charge in [0.2, 0.25) is 0 Å². The molecule has 3 heteroatoms. The Morgan fingerprint density at radius 3 is 2.38 bits per heavy atom. The van der Waals surface area contributed by atoms with Crippen LogP contribution < -0.4 is 5.32 Å². The molecule has 2 aliphatic heterocycles. The molecule has 2 heterocycles. The lowest BCUT2D eigenvalue weighted by Crippen LogP contribution is -2.48. The van der Waals surface area contributed by atoms with Crippen LogP contribution in [0.4, 0.5) is 0 Å². The minimum atomic E-state index is 0.171. The highest BCUT2D eigenvalue weighted by Gasteiger charge is 2.36. The number of benzene rings is 1. The number of nitrogens with zero attached hydrogens (tertiary/aromatic N) is 1. The Hall–Kier alpha value is -1.35. The number of hydrogen-bond acceptors (Lipinski definition) is 2. The summed E-state index contributed by atoms with van der Waals surface area (Å²) < 4.78 is 0. The van der Waals surface area contributed by atoms with Crippen LogP contribution in [0.25, 0.3) is 0 Å². The maximum absolute atomic E-state index is 12.7. The van der Waals surface area contributed by atoms with E-state index >= 15 is 0 Å². The molecular weight excluding hydrogens is 260 g/mol. The van der Waals surface area contributed by atoms with Gasteiger partial charge < -0.3 is 10.2 Å². The van der Waals surface area contributed by atoms with Gasteiger partial charge in [0.15, 0.2) is 0 Å². The van der Waals surface area contributed by atoms with E-state index in [1.165, 1.54) is 18.4 Å². The zero-order valence-corrected chi connectivity index (χ0v) is 13.1. The maximum Gasteiger partial charge on any atom is 0.253 e. The Bertz CT molecular complexity index is 484. The molecule has 114 valence electrons. The van der Waals surface area contributed by atoms with Crippen molar-refractivity contribution < 1.29 is 4.79 Å². The van der Waals surface area contributed by atoms with Gasteiger partial charge in [0.05, 0.1) is 0 Å². The van der Waals surface area contributed by atoms with Gasteiger partial charge in [-0.2, -0.15) is 0 Å². The molecule has 2 bridgehead atoms. The lowest BCUT2D eigenvalue weighted by atomic mass is 9.97. The molecule has 2 unspecified atom stereocenters. The molecule has 0 spiro atoms. The predicted molar refractivity (Wildman–Crippen MR) is 85.5 cm³/mol. The molecule has 0 aromatic heterocycles. The monoisotopic (exact) mass is 286 g/mol. The summed E-state index contributed by atoms with van der Waals surface area (Å²) in [6.45, 7) is 2.18. The van der Waals surface area contributed by atoms with Gasteiger partial charge in [-0.25, -0.2) is 0 Å². The maximum atomic E-state index is 12.7. The standard InChI is InChI=1S/C18H26N2O/c1-3-4-13-5-7-14(8-6-13)18(21)20(2)17-11-15-9-10-16(12-17)19-15/h5-8,15-17,19H,3-4,9-12H2,1-2H3. The number of piperidine rings is 1. The number of rotatable bonds is 4. The van der Waals surface area contributed by atoms with Crippen LogP contribution in [0, 0.1) is 0 Å². The first-order valence-corrected chi connectivity index (χ1v) is 8.29. The van der Waals surface area contributed by atoms with Crippen LogP contribution in [0.5, 0.6) is 0 Å². The van der Waals surface area contributed by atoms with Crippen LogP contribution in [0.3, 0.4) is 0 Å². The van der Waals surface area contributed by atoms with Gasteiger partial charge in [-0.1, -0.05) is 25.5 Å². The summed E-state index contributed by atoms with van der Waals surface area (Å²) in [5.41, 5.74) is 2.14. The van der Waals surface area contributed by atoms with Crippen LogP contribution in [0.2, 0.25) is 0 Å². The van der Waals surface area contributed by atoms with Crippen LogP contribution in [-0.2, 0) is 6.42 Å². The van der Waals surface area contributed by atoms with Crippen molar-refractivity contribution in [3.05, 3.63) is 35.4 Å². The first kappa shape index (κ1) is 14.6. The summed E-state index contributed by atoms with van der Waals surface area (Å²) in [7, 11) is 1.97. The second kappa shape index (κ2) is 6.18. The average Bonchev–Trinajstić information content (AvgIpc) is 2.85. The lowest BCUT2D eigenvalue weighted by Gasteiger charge is -2.35. The number of fused-ring (bicyclic) bond motifs is 2. The number of carbonyl (C=O) groups excluding carboxylic acids is 1. The Morgan fingerprint density at radius 2 is 1.81 bits per heavy atom. The van der Waals surface area contributed by atoms with Gasteiger partial charge in [-0.05, 0) is 49.8 Å². The van der Waals surface area contributed by atoms with Crippen molar-refractivity contribution in [2.75, 3.05) is 7.05 Å². The van der Waals surface area contributed by atoms with Gasteiger partial charge in [-0.15, -0.1) is 0 Å². The van der Waals surface area contributed by atoms with E-state index in [9.17, 15) is 4.79 Å². The van der Waals surface area contributed by atoms with Crippen LogP contribution >= 0.6 is 0 Å². The number of aryl methyl sites for hydroxylation is 1. The topological polar surface area (TPSA) is 32.3 Å². The Labute approximate surface area is 127 Å². The molecule has 1 aromatic carbocycles. The summed E-state index contributed by atoms with van der Waals surface area (Å²) in [5, 5.41) is 3.64. The molecule has 21 heavy (non-hydrogen) atoms. The number of amides is 1. The van der Waals surface area contributed by atoms with E-state index in [0.29, 0.717) is 18.1 Å². The molecule has 1 aromatic rings. The van der Waals surface area contributed by atoms with Crippen molar-refractivity contribution in [3.8, 4) is 0 Å². The largest absolute Gasteiger partial charge is 0.339 e. The minimum Gasteiger partial charge on any atom is -0.339 e. The molecule has 0 aliphatic carbocycles. The van der Waals surface area contributed by atoms with Gasteiger partial charge in [0, 0.05) is 30.7 Å². The summed E-state index contributed by atoms with van der Waals surface area (Å²) in [6.07, 6.45) is 6.98. The van der Waals surface area contributed by atoms with E-state index in [4.69, 9.17) is 0 Å². The number of carbonyl (C=O) groups is 1. The molecule has 3 nitrogen and oxygen atoms in total. The van der Waals surface area contributed by atoms with Crippen molar-refractivity contribution in [1.82, 2.24) is 10.2 Å². The lowest BCUT2D eigenvalue weighted by molar-refractivity contribution is 0.0681. The van der Waals surface area contributed by atoms with E-state index in [1.54, 1.807) is 0 Å². The SMILES string of the molecule is CCCc1ccc(C(=O)N(C)C2CC3CCC(C2)N3)cc1. The van der Waals surface area contributed by atoms with Crippen molar-refractivity contribution in [1.29, 1.82) is 0 Å². The molecule has 2 atom stereocenters. The van der Waals surface area contributed by atoms with E-state index in [2.05, 4.69) is 24.4 Å². The fourth-order valence-corrected chi connectivity index (χ4v) is 3.82. The molecule has 2 saturated heterocycles. The first-order valence-electron chi connectivity index (χ1n) is 8.29. The molecule has 3 rings (SSSR count). The molecule has 1 amide bonds. The Kier molecular flexibility index (Phi) is 4.29. The number of nitrogens with one attached hydrogen (secondary N) is 1. The van der Waals surface area contributed by atoms with Crippen molar-refractivity contribution in [2.45, 2.75) is 63.6 Å². The van der Waals surface area contributed by atoms with Gasteiger partial charge >= 0.3 is 0 Å². The zero-order chi connectivity index (χ0) is 14.8. The first-order chi connectivity index (χ1) is 10.2. The highest BCUT2D eigenvalue weighted by Crippen LogP contribution is 2.29. The quantitative estimate of drug-likeness (QED) is 0.923. The molecule has 2 fully saturated rings. The van der Waals surface area contributed by atoms with E-state index in [-0.39, 0.29) is 5.91 Å². The van der Waals surface area contributed by atoms with Gasteiger partial charge in [0.25, 0.3) is 5.91 Å². The Morgan fingerprint density at radius 1 is 1.19 bits per heavy atom.